The summed E-state index contributed by atoms with van der Waals surface area (Å²) in [5.74, 6) is 0.534. The Morgan fingerprint density at radius 3 is 2.39 bits per heavy atom. The highest BCUT2D eigenvalue weighted by Gasteiger charge is 2.12. The summed E-state index contributed by atoms with van der Waals surface area (Å²) in [4.78, 5) is 5.75. The first kappa shape index (κ1) is 15.3. The Balaban J connectivity index is 1.80. The van der Waals surface area contributed by atoms with Gasteiger partial charge in [0, 0.05) is 18.0 Å². The standard InChI is InChI=1S/C15H15N5O2S/c1-2-23(21,22)14-5-3-13(4-6-14)15-17-19-20(18-15)11-12-7-9-16-10-8-12/h3-10H,2,11H2,1H3. The first-order valence-corrected chi connectivity index (χ1v) is 8.73. The summed E-state index contributed by atoms with van der Waals surface area (Å²) in [6.45, 7) is 2.12. The number of tetrazole rings is 1. The molecule has 0 saturated carbocycles. The summed E-state index contributed by atoms with van der Waals surface area (Å²) in [5, 5.41) is 12.3. The molecule has 0 N–H and O–H groups in total. The molecule has 0 saturated heterocycles. The van der Waals surface area contributed by atoms with Gasteiger partial charge in [-0.2, -0.15) is 4.80 Å². The maximum absolute atomic E-state index is 11.8. The molecule has 8 heteroatoms. The van der Waals surface area contributed by atoms with Crippen LogP contribution in [0.25, 0.3) is 11.4 Å². The van der Waals surface area contributed by atoms with Gasteiger partial charge >= 0.3 is 0 Å². The number of pyridine rings is 1. The lowest BCUT2D eigenvalue weighted by atomic mass is 10.2. The van der Waals surface area contributed by atoms with Crippen molar-refractivity contribution in [1.29, 1.82) is 0 Å². The monoisotopic (exact) mass is 329 g/mol. The fourth-order valence-electron chi connectivity index (χ4n) is 2.06. The zero-order valence-electron chi connectivity index (χ0n) is 12.5. The maximum atomic E-state index is 11.8. The van der Waals surface area contributed by atoms with Crippen molar-refractivity contribution in [3.05, 3.63) is 54.4 Å². The van der Waals surface area contributed by atoms with Crippen LogP contribution in [0.15, 0.2) is 53.7 Å². The fourth-order valence-corrected chi connectivity index (χ4v) is 2.94. The fraction of sp³-hybridized carbons (Fsp3) is 0.200. The van der Waals surface area contributed by atoms with E-state index in [9.17, 15) is 8.42 Å². The van der Waals surface area contributed by atoms with Crippen molar-refractivity contribution < 1.29 is 8.42 Å². The minimum atomic E-state index is -3.20. The van der Waals surface area contributed by atoms with Crippen molar-refractivity contribution in [3.8, 4) is 11.4 Å². The van der Waals surface area contributed by atoms with Gasteiger partial charge in [-0.15, -0.1) is 10.2 Å². The lowest BCUT2D eigenvalue weighted by molar-refractivity contribution is 0.572. The van der Waals surface area contributed by atoms with Gasteiger partial charge in [-0.3, -0.25) is 4.98 Å². The quantitative estimate of drug-likeness (QED) is 0.706. The molecule has 2 heterocycles. The van der Waals surface area contributed by atoms with E-state index in [1.165, 1.54) is 4.80 Å². The molecule has 0 spiro atoms. The maximum Gasteiger partial charge on any atom is 0.204 e. The lowest BCUT2D eigenvalue weighted by Gasteiger charge is -2.01. The average Bonchev–Trinajstić information content (AvgIpc) is 3.04. The normalized spacial score (nSPS) is 11.5. The Morgan fingerprint density at radius 2 is 1.74 bits per heavy atom. The molecule has 0 atom stereocenters. The third-order valence-electron chi connectivity index (χ3n) is 3.38. The summed E-state index contributed by atoms with van der Waals surface area (Å²) in [7, 11) is -3.20. The van der Waals surface area contributed by atoms with E-state index in [0.717, 1.165) is 11.1 Å². The highest BCUT2D eigenvalue weighted by Crippen LogP contribution is 2.18. The van der Waals surface area contributed by atoms with Gasteiger partial charge in [0.1, 0.15) is 0 Å². The van der Waals surface area contributed by atoms with Crippen LogP contribution < -0.4 is 0 Å². The second-order valence-electron chi connectivity index (χ2n) is 4.93. The van der Waals surface area contributed by atoms with Crippen LogP contribution >= 0.6 is 0 Å². The number of aromatic nitrogens is 5. The Labute approximate surface area is 133 Å². The van der Waals surface area contributed by atoms with Gasteiger partial charge in [0.2, 0.25) is 5.82 Å². The zero-order valence-corrected chi connectivity index (χ0v) is 13.3. The van der Waals surface area contributed by atoms with Crippen LogP contribution in [0.3, 0.4) is 0 Å². The molecule has 2 aromatic heterocycles. The largest absolute Gasteiger partial charge is 0.265 e. The molecule has 3 rings (SSSR count). The molecule has 0 aliphatic rings. The second kappa shape index (κ2) is 6.25. The molecule has 0 aliphatic carbocycles. The summed E-state index contributed by atoms with van der Waals surface area (Å²) in [6.07, 6.45) is 3.42. The van der Waals surface area contributed by atoms with E-state index >= 15 is 0 Å². The van der Waals surface area contributed by atoms with Crippen molar-refractivity contribution in [2.45, 2.75) is 18.4 Å². The predicted molar refractivity (Wildman–Crippen MR) is 84.3 cm³/mol. The van der Waals surface area contributed by atoms with E-state index in [2.05, 4.69) is 20.4 Å². The van der Waals surface area contributed by atoms with E-state index in [1.807, 2.05) is 12.1 Å². The molecule has 1 aromatic carbocycles. The van der Waals surface area contributed by atoms with E-state index in [-0.39, 0.29) is 5.75 Å². The van der Waals surface area contributed by atoms with Crippen molar-refractivity contribution in [2.75, 3.05) is 5.75 Å². The van der Waals surface area contributed by atoms with E-state index < -0.39 is 9.84 Å². The molecular weight excluding hydrogens is 314 g/mol. The third-order valence-corrected chi connectivity index (χ3v) is 5.13. The average molecular weight is 329 g/mol. The molecule has 7 nitrogen and oxygen atoms in total. The topological polar surface area (TPSA) is 90.6 Å². The van der Waals surface area contributed by atoms with Crippen molar-refractivity contribution in [3.63, 3.8) is 0 Å². The number of sulfone groups is 1. The molecule has 3 aromatic rings. The SMILES string of the molecule is CCS(=O)(=O)c1ccc(-c2nnn(Cc3ccncc3)n2)cc1. The van der Waals surface area contributed by atoms with Crippen LogP contribution in [-0.2, 0) is 16.4 Å². The zero-order chi connectivity index (χ0) is 16.3. The minimum absolute atomic E-state index is 0.0761. The molecule has 0 radical (unpaired) electrons. The first-order chi connectivity index (χ1) is 11.1. The van der Waals surface area contributed by atoms with Crippen LogP contribution in [-0.4, -0.2) is 39.4 Å². The Hall–Kier alpha value is -2.61. The molecule has 0 amide bonds. The van der Waals surface area contributed by atoms with Gasteiger partial charge in [0.25, 0.3) is 0 Å². The van der Waals surface area contributed by atoms with Gasteiger partial charge < -0.3 is 0 Å². The van der Waals surface area contributed by atoms with Crippen LogP contribution in [0.5, 0.6) is 0 Å². The number of hydrogen-bond acceptors (Lipinski definition) is 6. The Morgan fingerprint density at radius 1 is 1.04 bits per heavy atom. The first-order valence-electron chi connectivity index (χ1n) is 7.08. The summed E-state index contributed by atoms with van der Waals surface area (Å²) >= 11 is 0. The number of rotatable bonds is 5. The minimum Gasteiger partial charge on any atom is -0.265 e. The Bertz CT molecular complexity index is 889. The summed E-state index contributed by atoms with van der Waals surface area (Å²) in [6, 6.07) is 10.3. The molecule has 23 heavy (non-hydrogen) atoms. The third kappa shape index (κ3) is 3.42. The van der Waals surface area contributed by atoms with Crippen LogP contribution in [0.4, 0.5) is 0 Å². The molecule has 0 aliphatic heterocycles. The van der Waals surface area contributed by atoms with Gasteiger partial charge in [-0.05, 0) is 47.2 Å². The van der Waals surface area contributed by atoms with Crippen LogP contribution in [0.2, 0.25) is 0 Å². The van der Waals surface area contributed by atoms with Gasteiger partial charge in [-0.1, -0.05) is 6.92 Å². The highest BCUT2D eigenvalue weighted by atomic mass is 32.2. The molecule has 0 fully saturated rings. The van der Waals surface area contributed by atoms with Gasteiger partial charge in [-0.25, -0.2) is 8.42 Å². The van der Waals surface area contributed by atoms with Gasteiger partial charge in [0.15, 0.2) is 9.84 Å². The van der Waals surface area contributed by atoms with E-state index in [1.54, 1.807) is 43.6 Å². The van der Waals surface area contributed by atoms with Crippen molar-refractivity contribution in [2.24, 2.45) is 0 Å². The molecule has 0 bridgehead atoms. The predicted octanol–water partition coefficient (Wildman–Crippen LogP) is 1.58. The number of nitrogens with zero attached hydrogens (tertiary/aromatic N) is 5. The highest BCUT2D eigenvalue weighted by molar-refractivity contribution is 7.91. The summed E-state index contributed by atoms with van der Waals surface area (Å²) < 4.78 is 23.6. The van der Waals surface area contributed by atoms with Gasteiger partial charge in [0.05, 0.1) is 17.2 Å². The second-order valence-corrected chi connectivity index (χ2v) is 7.20. The molecule has 0 unspecified atom stereocenters. The van der Waals surface area contributed by atoms with Crippen LogP contribution in [0, 0.1) is 0 Å². The summed E-state index contributed by atoms with van der Waals surface area (Å²) in [5.41, 5.74) is 1.74. The molecular formula is C15H15N5O2S. The van der Waals surface area contributed by atoms with E-state index in [0.29, 0.717) is 17.3 Å². The molecule has 118 valence electrons. The van der Waals surface area contributed by atoms with Crippen molar-refractivity contribution >= 4 is 9.84 Å². The number of benzene rings is 1. The Kier molecular flexibility index (Phi) is 4.16. The lowest BCUT2D eigenvalue weighted by Crippen LogP contribution is -2.04. The smallest absolute Gasteiger partial charge is 0.204 e. The van der Waals surface area contributed by atoms with Crippen molar-refractivity contribution in [1.82, 2.24) is 25.2 Å². The number of hydrogen-bond donors (Lipinski definition) is 0. The van der Waals surface area contributed by atoms with Crippen LogP contribution in [0.1, 0.15) is 12.5 Å². The van der Waals surface area contributed by atoms with E-state index in [4.69, 9.17) is 0 Å².